The molecule has 0 aromatic heterocycles. The Kier molecular flexibility index (Phi) is 3.37. The number of ether oxygens (including phenoxy) is 3. The van der Waals surface area contributed by atoms with Gasteiger partial charge in [0.25, 0.3) is 0 Å². The summed E-state index contributed by atoms with van der Waals surface area (Å²) in [6, 6.07) is 6.40. The van der Waals surface area contributed by atoms with E-state index in [2.05, 4.69) is 24.4 Å². The summed E-state index contributed by atoms with van der Waals surface area (Å²) < 4.78 is 16.4. The largest absolute Gasteiger partial charge is 0.454 e. The Morgan fingerprint density at radius 1 is 1.32 bits per heavy atom. The van der Waals surface area contributed by atoms with Crippen LogP contribution in [0, 0.1) is 0 Å². The molecule has 19 heavy (non-hydrogen) atoms. The van der Waals surface area contributed by atoms with E-state index in [-0.39, 0.29) is 11.6 Å². The Balaban J connectivity index is 1.62. The molecule has 4 heteroatoms. The first-order valence-electron chi connectivity index (χ1n) is 6.90. The maximum Gasteiger partial charge on any atom is 0.231 e. The Morgan fingerprint density at radius 3 is 2.79 bits per heavy atom. The van der Waals surface area contributed by atoms with Gasteiger partial charge in [0.2, 0.25) is 6.79 Å². The maximum absolute atomic E-state index is 5.63. The van der Waals surface area contributed by atoms with E-state index >= 15 is 0 Å². The SMILES string of the molecule is COC1(CNC(C)c2ccc3c(c2)OCO3)CCC1. The quantitative estimate of drug-likeness (QED) is 0.886. The van der Waals surface area contributed by atoms with E-state index in [1.165, 1.54) is 12.0 Å². The van der Waals surface area contributed by atoms with Gasteiger partial charge in [-0.05, 0) is 43.9 Å². The number of hydrogen-bond donors (Lipinski definition) is 1. The van der Waals surface area contributed by atoms with Gasteiger partial charge in [0.15, 0.2) is 11.5 Å². The highest BCUT2D eigenvalue weighted by Crippen LogP contribution is 2.36. The molecule has 0 bridgehead atoms. The molecule has 4 nitrogen and oxygen atoms in total. The summed E-state index contributed by atoms with van der Waals surface area (Å²) in [6.45, 7) is 3.39. The maximum atomic E-state index is 5.63. The van der Waals surface area contributed by atoms with Gasteiger partial charge in [-0.15, -0.1) is 0 Å². The summed E-state index contributed by atoms with van der Waals surface area (Å²) in [5.74, 6) is 1.68. The van der Waals surface area contributed by atoms with Crippen molar-refractivity contribution < 1.29 is 14.2 Å². The third kappa shape index (κ3) is 2.42. The first-order chi connectivity index (χ1) is 9.22. The van der Waals surface area contributed by atoms with Gasteiger partial charge in [-0.25, -0.2) is 0 Å². The number of rotatable bonds is 5. The molecule has 3 rings (SSSR count). The molecule has 2 aliphatic rings. The van der Waals surface area contributed by atoms with Crippen LogP contribution in [0.5, 0.6) is 11.5 Å². The summed E-state index contributed by atoms with van der Waals surface area (Å²) in [5, 5.41) is 3.56. The molecular weight excluding hydrogens is 242 g/mol. The predicted molar refractivity (Wildman–Crippen MR) is 72.6 cm³/mol. The smallest absolute Gasteiger partial charge is 0.231 e. The van der Waals surface area contributed by atoms with Crippen LogP contribution in [-0.4, -0.2) is 26.0 Å². The van der Waals surface area contributed by atoms with Gasteiger partial charge < -0.3 is 19.5 Å². The summed E-state index contributed by atoms with van der Waals surface area (Å²) in [6.07, 6.45) is 3.59. The van der Waals surface area contributed by atoms with Crippen LogP contribution in [0.1, 0.15) is 37.8 Å². The minimum absolute atomic E-state index is 0.0601. The molecule has 1 heterocycles. The Labute approximate surface area is 114 Å². The van der Waals surface area contributed by atoms with Crippen LogP contribution in [0.4, 0.5) is 0 Å². The lowest BCUT2D eigenvalue weighted by molar-refractivity contribution is -0.0706. The monoisotopic (exact) mass is 263 g/mol. The van der Waals surface area contributed by atoms with Crippen molar-refractivity contribution in [1.82, 2.24) is 5.32 Å². The molecule has 0 radical (unpaired) electrons. The second-order valence-electron chi connectivity index (χ2n) is 5.46. The van der Waals surface area contributed by atoms with Crippen molar-refractivity contribution in [2.45, 2.75) is 37.8 Å². The molecule has 1 saturated carbocycles. The van der Waals surface area contributed by atoms with Crippen molar-refractivity contribution in [2.75, 3.05) is 20.4 Å². The Morgan fingerprint density at radius 2 is 2.11 bits per heavy atom. The average Bonchev–Trinajstić information content (AvgIpc) is 2.84. The molecule has 1 N–H and O–H groups in total. The number of nitrogens with one attached hydrogen (secondary N) is 1. The van der Waals surface area contributed by atoms with Gasteiger partial charge in [0, 0.05) is 19.7 Å². The van der Waals surface area contributed by atoms with Crippen LogP contribution < -0.4 is 14.8 Å². The number of methoxy groups -OCH3 is 1. The fourth-order valence-corrected chi connectivity index (χ4v) is 2.66. The second-order valence-corrected chi connectivity index (χ2v) is 5.46. The van der Waals surface area contributed by atoms with Gasteiger partial charge in [0.1, 0.15) is 0 Å². The molecule has 0 saturated heterocycles. The van der Waals surface area contributed by atoms with Gasteiger partial charge in [-0.2, -0.15) is 0 Å². The summed E-state index contributed by atoms with van der Waals surface area (Å²) in [5.41, 5.74) is 1.28. The highest BCUT2D eigenvalue weighted by atomic mass is 16.7. The van der Waals surface area contributed by atoms with Crippen molar-refractivity contribution in [3.63, 3.8) is 0 Å². The van der Waals surface area contributed by atoms with E-state index in [4.69, 9.17) is 14.2 Å². The molecule has 104 valence electrons. The van der Waals surface area contributed by atoms with Gasteiger partial charge in [0.05, 0.1) is 5.60 Å². The Hall–Kier alpha value is -1.26. The van der Waals surface area contributed by atoms with E-state index in [1.807, 2.05) is 13.2 Å². The number of fused-ring (bicyclic) bond motifs is 1. The van der Waals surface area contributed by atoms with Crippen LogP contribution in [0.25, 0.3) is 0 Å². The summed E-state index contributed by atoms with van der Waals surface area (Å²) >= 11 is 0. The van der Waals surface area contributed by atoms with E-state index in [0.29, 0.717) is 6.79 Å². The topological polar surface area (TPSA) is 39.7 Å². The molecule has 1 fully saturated rings. The highest BCUT2D eigenvalue weighted by Gasteiger charge is 2.36. The van der Waals surface area contributed by atoms with Gasteiger partial charge in [-0.1, -0.05) is 6.07 Å². The minimum Gasteiger partial charge on any atom is -0.454 e. The zero-order valence-corrected chi connectivity index (χ0v) is 11.6. The van der Waals surface area contributed by atoms with Gasteiger partial charge in [-0.3, -0.25) is 0 Å². The lowest BCUT2D eigenvalue weighted by Gasteiger charge is -2.41. The fourth-order valence-electron chi connectivity index (χ4n) is 2.66. The fraction of sp³-hybridized carbons (Fsp3) is 0.600. The molecule has 1 aromatic rings. The average molecular weight is 263 g/mol. The molecule has 1 aromatic carbocycles. The third-order valence-electron chi connectivity index (χ3n) is 4.32. The van der Waals surface area contributed by atoms with Crippen molar-refractivity contribution in [3.8, 4) is 11.5 Å². The minimum atomic E-state index is 0.0601. The van der Waals surface area contributed by atoms with E-state index < -0.39 is 0 Å². The van der Waals surface area contributed by atoms with E-state index in [9.17, 15) is 0 Å². The molecule has 0 amide bonds. The molecule has 0 spiro atoms. The molecule has 1 aliphatic carbocycles. The second kappa shape index (κ2) is 5.02. The molecule has 1 aliphatic heterocycles. The van der Waals surface area contributed by atoms with Gasteiger partial charge >= 0.3 is 0 Å². The van der Waals surface area contributed by atoms with E-state index in [1.54, 1.807) is 0 Å². The molecule has 1 atom stereocenters. The zero-order valence-electron chi connectivity index (χ0n) is 11.6. The first-order valence-corrected chi connectivity index (χ1v) is 6.90. The summed E-state index contributed by atoms with van der Waals surface area (Å²) in [4.78, 5) is 0. The molecule has 1 unspecified atom stereocenters. The highest BCUT2D eigenvalue weighted by molar-refractivity contribution is 5.45. The van der Waals surface area contributed by atoms with Crippen molar-refractivity contribution in [1.29, 1.82) is 0 Å². The lowest BCUT2D eigenvalue weighted by atomic mass is 9.80. The lowest BCUT2D eigenvalue weighted by Crippen LogP contribution is -2.48. The first kappa shape index (κ1) is 12.8. The molecular formula is C15H21NO3. The summed E-state index contributed by atoms with van der Waals surface area (Å²) in [7, 11) is 1.81. The van der Waals surface area contributed by atoms with Crippen LogP contribution >= 0.6 is 0 Å². The normalized spacial score (nSPS) is 20.9. The predicted octanol–water partition coefficient (Wildman–Crippen LogP) is 2.64. The number of hydrogen-bond acceptors (Lipinski definition) is 4. The van der Waals surface area contributed by atoms with Crippen molar-refractivity contribution >= 4 is 0 Å². The van der Waals surface area contributed by atoms with Crippen molar-refractivity contribution in [2.24, 2.45) is 0 Å². The zero-order chi connectivity index (χ0) is 13.3. The van der Waals surface area contributed by atoms with Crippen LogP contribution in [0.15, 0.2) is 18.2 Å². The standard InChI is InChI=1S/C15H21NO3/c1-11(16-9-15(17-2)6-3-7-15)12-4-5-13-14(8-12)19-10-18-13/h4-5,8,11,16H,3,6-7,9-10H2,1-2H3. The third-order valence-corrected chi connectivity index (χ3v) is 4.32. The van der Waals surface area contributed by atoms with Crippen molar-refractivity contribution in [3.05, 3.63) is 23.8 Å². The Bertz CT molecular complexity index is 451. The number of benzene rings is 1. The van der Waals surface area contributed by atoms with E-state index in [0.717, 1.165) is 30.9 Å². The van der Waals surface area contributed by atoms with Crippen LogP contribution in [0.2, 0.25) is 0 Å². The van der Waals surface area contributed by atoms with Crippen LogP contribution in [-0.2, 0) is 4.74 Å². The van der Waals surface area contributed by atoms with Crippen LogP contribution in [0.3, 0.4) is 0 Å².